The monoisotopic (exact) mass is 360 g/mol. The number of aliphatic hydroxyl groups is 4. The Hall–Kier alpha value is -0.630. The number of rotatable bonds is 6. The Morgan fingerprint density at radius 1 is 1.23 bits per heavy atom. The summed E-state index contributed by atoms with van der Waals surface area (Å²) in [6, 6.07) is -0.751. The molecule has 2 amide bonds. The van der Waals surface area contributed by atoms with Crippen molar-refractivity contribution in [3.8, 4) is 0 Å². The van der Waals surface area contributed by atoms with Crippen LogP contribution in [0.15, 0.2) is 0 Å². The first-order valence-electron chi connectivity index (χ1n) is 6.35. The summed E-state index contributed by atoms with van der Waals surface area (Å²) in [6.45, 7) is -0.545. The minimum absolute atomic E-state index is 0.0565. The topological polar surface area (TPSA) is 165 Å². The normalized spacial score (nSPS) is 32.5. The molecule has 5 atom stereocenters. The summed E-state index contributed by atoms with van der Waals surface area (Å²) in [6.07, 6.45) is -6.06. The molecule has 10 nitrogen and oxygen atoms in total. The lowest BCUT2D eigenvalue weighted by Crippen LogP contribution is -2.64. The van der Waals surface area contributed by atoms with E-state index in [4.69, 9.17) is 9.84 Å². The number of urea groups is 1. The molecule has 0 aliphatic carbocycles. The number of aliphatic hydroxyl groups excluding tert-OH is 4. The zero-order valence-electron chi connectivity index (χ0n) is 11.7. The summed E-state index contributed by atoms with van der Waals surface area (Å²) >= 11 is 0. The Kier molecular flexibility index (Phi) is 7.31. The van der Waals surface area contributed by atoms with Crippen LogP contribution in [0.3, 0.4) is 0 Å². The van der Waals surface area contributed by atoms with Crippen LogP contribution in [-0.2, 0) is 13.6 Å². The Labute approximate surface area is 131 Å². The van der Waals surface area contributed by atoms with Crippen molar-refractivity contribution in [1.29, 1.82) is 0 Å². The molecule has 0 saturated carbocycles. The number of amides is 2. The average molecular weight is 360 g/mol. The molecule has 1 rings (SSSR count). The highest BCUT2D eigenvalue weighted by molar-refractivity contribution is 8.71. The van der Waals surface area contributed by atoms with Crippen LogP contribution in [0.5, 0.6) is 0 Å². The van der Waals surface area contributed by atoms with Gasteiger partial charge >= 0.3 is 6.03 Å². The highest BCUT2D eigenvalue weighted by Crippen LogP contribution is 2.19. The predicted molar refractivity (Wildman–Crippen MR) is 77.6 cm³/mol. The van der Waals surface area contributed by atoms with Gasteiger partial charge in [-0.1, -0.05) is 0 Å². The van der Waals surface area contributed by atoms with E-state index in [0.29, 0.717) is 10.8 Å². The third-order valence-corrected chi connectivity index (χ3v) is 5.43. The first kappa shape index (κ1) is 19.4. The fraction of sp³-hybridized carbons (Fsp3) is 0.900. The second kappa shape index (κ2) is 8.29. The third-order valence-electron chi connectivity index (χ3n) is 2.85. The average Bonchev–Trinajstić information content (AvgIpc) is 2.43. The van der Waals surface area contributed by atoms with E-state index >= 15 is 0 Å². The summed E-state index contributed by atoms with van der Waals surface area (Å²) in [5.74, 6) is 0.140. The molecule has 0 radical (unpaired) electrons. The molecule has 0 aromatic carbocycles. The summed E-state index contributed by atoms with van der Waals surface area (Å²) in [4.78, 5) is 11.6. The van der Waals surface area contributed by atoms with Crippen LogP contribution >= 0.6 is 10.8 Å². The Bertz CT molecular complexity index is 472. The van der Waals surface area contributed by atoms with Gasteiger partial charge in [-0.3, -0.25) is 0 Å². The van der Waals surface area contributed by atoms with Crippen LogP contribution in [0.2, 0.25) is 0 Å². The molecule has 0 bridgehead atoms. The van der Waals surface area contributed by atoms with E-state index in [9.17, 15) is 28.5 Å². The molecule has 1 aliphatic rings. The van der Waals surface area contributed by atoms with Gasteiger partial charge in [-0.15, -0.1) is 0 Å². The first-order chi connectivity index (χ1) is 10.2. The van der Waals surface area contributed by atoms with Crippen molar-refractivity contribution in [2.75, 3.05) is 25.2 Å². The van der Waals surface area contributed by atoms with Gasteiger partial charge in [0.15, 0.2) is 15.1 Å². The molecular weight excluding hydrogens is 340 g/mol. The molecule has 12 heteroatoms. The molecule has 0 spiro atoms. The van der Waals surface area contributed by atoms with Crippen LogP contribution < -0.4 is 10.6 Å². The Morgan fingerprint density at radius 3 is 2.41 bits per heavy atom. The molecule has 22 heavy (non-hydrogen) atoms. The SMILES string of the molecule is CS(=O)(=O)SCCNC(=O)N[C@@H]1OC(CO)[C@@H](O)[C@@H](O)C1O. The molecule has 1 saturated heterocycles. The summed E-state index contributed by atoms with van der Waals surface area (Å²) in [5, 5.41) is 42.4. The Morgan fingerprint density at radius 2 is 1.86 bits per heavy atom. The molecule has 0 aromatic heterocycles. The summed E-state index contributed by atoms with van der Waals surface area (Å²) in [5.41, 5.74) is 0. The minimum Gasteiger partial charge on any atom is -0.394 e. The van der Waals surface area contributed by atoms with Gasteiger partial charge in [0, 0.05) is 18.6 Å². The lowest BCUT2D eigenvalue weighted by atomic mass is 9.98. The maximum atomic E-state index is 11.6. The molecule has 1 aliphatic heterocycles. The van der Waals surface area contributed by atoms with Crippen LogP contribution in [0.1, 0.15) is 0 Å². The van der Waals surface area contributed by atoms with Crippen molar-refractivity contribution < 1.29 is 38.4 Å². The smallest absolute Gasteiger partial charge is 0.316 e. The zero-order valence-corrected chi connectivity index (χ0v) is 13.4. The molecule has 1 heterocycles. The van der Waals surface area contributed by atoms with Crippen LogP contribution in [0.25, 0.3) is 0 Å². The molecule has 1 fully saturated rings. The van der Waals surface area contributed by atoms with Crippen molar-refractivity contribution >= 4 is 25.7 Å². The van der Waals surface area contributed by atoms with Gasteiger partial charge in [-0.05, 0) is 10.8 Å². The van der Waals surface area contributed by atoms with Crippen molar-refractivity contribution in [3.63, 3.8) is 0 Å². The maximum Gasteiger partial charge on any atom is 0.316 e. The quantitative estimate of drug-likeness (QED) is 0.211. The van der Waals surface area contributed by atoms with E-state index in [-0.39, 0.29) is 12.3 Å². The Balaban J connectivity index is 2.42. The van der Waals surface area contributed by atoms with Gasteiger partial charge in [0.2, 0.25) is 0 Å². The van der Waals surface area contributed by atoms with Crippen molar-refractivity contribution in [2.45, 2.75) is 30.6 Å². The standard InChI is InChI=1S/C10H20N2O8S2/c1-22(18,19)21-3-2-11-10(17)12-9-8(16)7(15)6(14)5(4-13)20-9/h5-9,13-16H,2-4H2,1H3,(H2,11,12,17)/t5?,6-,7-,8?,9-/m1/s1. The van der Waals surface area contributed by atoms with Crippen molar-refractivity contribution in [1.82, 2.24) is 10.6 Å². The second-order valence-electron chi connectivity index (χ2n) is 4.68. The van der Waals surface area contributed by atoms with E-state index in [1.54, 1.807) is 0 Å². The van der Waals surface area contributed by atoms with Gasteiger partial charge in [-0.25, -0.2) is 13.2 Å². The van der Waals surface area contributed by atoms with Crippen molar-refractivity contribution in [2.24, 2.45) is 0 Å². The van der Waals surface area contributed by atoms with Crippen molar-refractivity contribution in [3.05, 3.63) is 0 Å². The van der Waals surface area contributed by atoms with Gasteiger partial charge in [-0.2, -0.15) is 0 Å². The molecular formula is C10H20N2O8S2. The van der Waals surface area contributed by atoms with E-state index in [1.807, 2.05) is 0 Å². The molecule has 0 aromatic rings. The molecule has 2 unspecified atom stereocenters. The third kappa shape index (κ3) is 5.87. The second-order valence-corrected chi connectivity index (χ2v) is 9.25. The minimum atomic E-state index is -3.19. The van der Waals surface area contributed by atoms with Gasteiger partial charge in [0.05, 0.1) is 6.61 Å². The number of hydrogen-bond donors (Lipinski definition) is 6. The number of nitrogens with one attached hydrogen (secondary N) is 2. The lowest BCUT2D eigenvalue weighted by Gasteiger charge is -2.40. The highest BCUT2D eigenvalue weighted by Gasteiger charge is 2.43. The van der Waals surface area contributed by atoms with E-state index in [2.05, 4.69) is 10.6 Å². The highest BCUT2D eigenvalue weighted by atomic mass is 33.1. The number of carbonyl (C=O) groups excluding carboxylic acids is 1. The lowest BCUT2D eigenvalue weighted by molar-refractivity contribution is -0.233. The largest absolute Gasteiger partial charge is 0.394 e. The summed E-state index contributed by atoms with van der Waals surface area (Å²) < 4.78 is 26.8. The predicted octanol–water partition coefficient (Wildman–Crippen LogP) is -3.22. The van der Waals surface area contributed by atoms with Crippen LogP contribution in [0, 0.1) is 0 Å². The van der Waals surface area contributed by atoms with Crippen LogP contribution in [0.4, 0.5) is 4.79 Å². The van der Waals surface area contributed by atoms with E-state index in [0.717, 1.165) is 6.26 Å². The van der Waals surface area contributed by atoms with Gasteiger partial charge in [0.25, 0.3) is 0 Å². The number of ether oxygens (including phenoxy) is 1. The maximum absolute atomic E-state index is 11.6. The van der Waals surface area contributed by atoms with Crippen LogP contribution in [-0.4, -0.2) is 90.7 Å². The van der Waals surface area contributed by atoms with E-state index < -0.39 is 52.2 Å². The fourth-order valence-electron chi connectivity index (χ4n) is 1.76. The molecule has 130 valence electrons. The van der Waals surface area contributed by atoms with Gasteiger partial charge < -0.3 is 35.8 Å². The fourth-order valence-corrected chi connectivity index (χ4v) is 3.41. The number of hydrogen-bond acceptors (Lipinski definition) is 9. The van der Waals surface area contributed by atoms with Gasteiger partial charge in [0.1, 0.15) is 24.4 Å². The molecule has 6 N–H and O–H groups in total. The number of carbonyl (C=O) groups is 1. The first-order valence-corrected chi connectivity index (χ1v) is 9.74. The van der Waals surface area contributed by atoms with E-state index in [1.165, 1.54) is 0 Å². The zero-order chi connectivity index (χ0) is 16.9. The summed E-state index contributed by atoms with van der Waals surface area (Å²) in [7, 11) is -2.52.